The molecular weight excluding hydrogens is 220 g/mol. The van der Waals surface area contributed by atoms with E-state index in [4.69, 9.17) is 0 Å². The van der Waals surface area contributed by atoms with E-state index in [-0.39, 0.29) is 22.9 Å². The summed E-state index contributed by atoms with van der Waals surface area (Å²) in [7, 11) is 0. The highest BCUT2D eigenvalue weighted by molar-refractivity contribution is 5.85. The summed E-state index contributed by atoms with van der Waals surface area (Å²) in [6, 6.07) is 0.219. The lowest BCUT2D eigenvalue weighted by molar-refractivity contribution is -0.557. The summed E-state index contributed by atoms with van der Waals surface area (Å²) >= 11 is 0. The summed E-state index contributed by atoms with van der Waals surface area (Å²) in [6.07, 6.45) is -0.977. The van der Waals surface area contributed by atoms with Gasteiger partial charge >= 0.3 is 6.29 Å². The molecule has 0 radical (unpaired) electrons. The molecule has 0 aromatic heterocycles. The monoisotopic (exact) mass is 242 g/mol. The highest BCUT2D eigenvalue weighted by Crippen LogP contribution is 2.25. The van der Waals surface area contributed by atoms with Gasteiger partial charge in [-0.1, -0.05) is 13.8 Å². The van der Waals surface area contributed by atoms with Crippen molar-refractivity contribution >= 4 is 5.84 Å². The van der Waals surface area contributed by atoms with Gasteiger partial charge in [-0.15, -0.1) is 5.01 Å². The van der Waals surface area contributed by atoms with Crippen molar-refractivity contribution in [1.82, 2.24) is 10.0 Å². The lowest BCUT2D eigenvalue weighted by atomic mass is 10.2. The molecule has 1 aliphatic rings. The van der Waals surface area contributed by atoms with Gasteiger partial charge in [0, 0.05) is 18.0 Å². The predicted octanol–water partition coefficient (Wildman–Crippen LogP) is 1.95. The maximum Gasteiger partial charge on any atom is 0.383 e. The number of nitrogens with zero attached hydrogens (tertiary/aromatic N) is 4. The van der Waals surface area contributed by atoms with Gasteiger partial charge < -0.3 is 0 Å². The van der Waals surface area contributed by atoms with Crippen LogP contribution in [0.5, 0.6) is 0 Å². The largest absolute Gasteiger partial charge is 0.383 e. The van der Waals surface area contributed by atoms with Crippen LogP contribution in [0.15, 0.2) is 4.99 Å². The minimum absolute atomic E-state index is 0.0489. The van der Waals surface area contributed by atoms with E-state index >= 15 is 0 Å². The standard InChI is InChI=1S/C11H22N4O2/c1-7(2)10-12-11(15(16)17)14(9(5)6)13(10)8(3)4/h7-9,11H,1-6H3. The zero-order valence-corrected chi connectivity index (χ0v) is 11.4. The molecule has 0 aromatic rings. The van der Waals surface area contributed by atoms with E-state index in [1.54, 1.807) is 5.01 Å². The molecule has 0 aliphatic carbocycles. The number of hydrazine groups is 1. The first kappa shape index (κ1) is 13.9. The van der Waals surface area contributed by atoms with E-state index in [1.807, 2.05) is 46.6 Å². The van der Waals surface area contributed by atoms with Crippen LogP contribution in [-0.2, 0) is 0 Å². The van der Waals surface area contributed by atoms with E-state index in [1.165, 1.54) is 0 Å². The highest BCUT2D eigenvalue weighted by Gasteiger charge is 2.44. The Balaban J connectivity index is 3.14. The first-order valence-corrected chi connectivity index (χ1v) is 6.06. The summed E-state index contributed by atoms with van der Waals surface area (Å²) in [5.74, 6) is 0.985. The van der Waals surface area contributed by atoms with Crippen LogP contribution in [0.2, 0.25) is 0 Å². The molecule has 0 spiro atoms. The van der Waals surface area contributed by atoms with Crippen LogP contribution in [0, 0.1) is 16.0 Å². The molecule has 6 nitrogen and oxygen atoms in total. The Bertz CT molecular complexity index is 325. The van der Waals surface area contributed by atoms with Gasteiger partial charge in [0.2, 0.25) is 0 Å². The normalized spacial score (nSPS) is 21.8. The molecule has 0 aromatic carbocycles. The number of rotatable bonds is 4. The molecule has 1 heterocycles. The van der Waals surface area contributed by atoms with Crippen LogP contribution in [0.3, 0.4) is 0 Å². The fraction of sp³-hybridized carbons (Fsp3) is 0.909. The van der Waals surface area contributed by atoms with E-state index < -0.39 is 6.29 Å². The third-order valence-electron chi connectivity index (χ3n) is 2.69. The molecule has 1 rings (SSSR count). The molecule has 0 amide bonds. The van der Waals surface area contributed by atoms with E-state index in [0.717, 1.165) is 5.84 Å². The Morgan fingerprint density at radius 3 is 2.00 bits per heavy atom. The van der Waals surface area contributed by atoms with Gasteiger partial charge in [-0.3, -0.25) is 15.1 Å². The van der Waals surface area contributed by atoms with Crippen molar-refractivity contribution in [1.29, 1.82) is 0 Å². The molecule has 0 saturated carbocycles. The van der Waals surface area contributed by atoms with Crippen LogP contribution in [0.25, 0.3) is 0 Å². The molecule has 1 atom stereocenters. The first-order valence-electron chi connectivity index (χ1n) is 6.06. The van der Waals surface area contributed by atoms with Crippen molar-refractivity contribution in [2.75, 3.05) is 0 Å². The Hall–Kier alpha value is -1.17. The predicted molar refractivity (Wildman–Crippen MR) is 67.0 cm³/mol. The Morgan fingerprint density at radius 2 is 1.71 bits per heavy atom. The Morgan fingerprint density at radius 1 is 1.18 bits per heavy atom. The van der Waals surface area contributed by atoms with Crippen molar-refractivity contribution < 1.29 is 4.92 Å². The van der Waals surface area contributed by atoms with Crippen molar-refractivity contribution in [3.05, 3.63) is 10.1 Å². The van der Waals surface area contributed by atoms with E-state index in [2.05, 4.69) is 4.99 Å². The van der Waals surface area contributed by atoms with Crippen LogP contribution in [0.1, 0.15) is 41.5 Å². The molecule has 6 heteroatoms. The van der Waals surface area contributed by atoms with Crippen LogP contribution in [-0.4, -0.2) is 39.2 Å². The minimum atomic E-state index is -0.977. The average Bonchev–Trinajstić information content (AvgIpc) is 2.56. The van der Waals surface area contributed by atoms with E-state index in [9.17, 15) is 10.1 Å². The molecule has 0 fully saturated rings. The molecule has 17 heavy (non-hydrogen) atoms. The second-order valence-corrected chi connectivity index (χ2v) is 5.19. The number of amidine groups is 1. The summed E-state index contributed by atoms with van der Waals surface area (Å²) in [5, 5.41) is 14.8. The highest BCUT2D eigenvalue weighted by atomic mass is 16.6. The fourth-order valence-corrected chi connectivity index (χ4v) is 2.07. The van der Waals surface area contributed by atoms with Crippen LogP contribution in [0.4, 0.5) is 0 Å². The van der Waals surface area contributed by atoms with Gasteiger partial charge in [0.05, 0.1) is 4.92 Å². The first-order chi connectivity index (χ1) is 7.77. The topological polar surface area (TPSA) is 62.0 Å². The lowest BCUT2D eigenvalue weighted by Gasteiger charge is -2.36. The molecule has 98 valence electrons. The SMILES string of the molecule is CC(C)C1=NC([N+](=O)[O-])N(C(C)C)N1C(C)C. The lowest BCUT2D eigenvalue weighted by Crippen LogP contribution is -2.54. The second kappa shape index (κ2) is 5.00. The quantitative estimate of drug-likeness (QED) is 0.558. The number of nitro groups is 1. The smallest absolute Gasteiger partial charge is 0.283 e. The fourth-order valence-electron chi connectivity index (χ4n) is 2.07. The number of hydrogen-bond acceptors (Lipinski definition) is 5. The summed E-state index contributed by atoms with van der Waals surface area (Å²) in [5.41, 5.74) is 0. The second-order valence-electron chi connectivity index (χ2n) is 5.19. The van der Waals surface area contributed by atoms with Crippen molar-refractivity contribution in [3.63, 3.8) is 0 Å². The van der Waals surface area contributed by atoms with Crippen LogP contribution >= 0.6 is 0 Å². The maximum atomic E-state index is 11.1. The average molecular weight is 242 g/mol. The van der Waals surface area contributed by atoms with Crippen LogP contribution < -0.4 is 0 Å². The zero-order valence-electron chi connectivity index (χ0n) is 11.4. The third kappa shape index (κ3) is 2.57. The van der Waals surface area contributed by atoms with E-state index in [0.29, 0.717) is 0 Å². The number of aliphatic imine (C=N–C) groups is 1. The summed E-state index contributed by atoms with van der Waals surface area (Å²) in [4.78, 5) is 15.0. The van der Waals surface area contributed by atoms with Crippen molar-refractivity contribution in [2.45, 2.75) is 59.9 Å². The molecule has 0 N–H and O–H groups in total. The Kier molecular flexibility index (Phi) is 4.08. The van der Waals surface area contributed by atoms with Gasteiger partial charge in [0.25, 0.3) is 0 Å². The molecule has 0 bridgehead atoms. The van der Waals surface area contributed by atoms with Gasteiger partial charge in [-0.05, 0) is 27.7 Å². The van der Waals surface area contributed by atoms with Gasteiger partial charge in [0.15, 0.2) is 0 Å². The number of hydrogen-bond donors (Lipinski definition) is 0. The van der Waals surface area contributed by atoms with Gasteiger partial charge in [0.1, 0.15) is 5.84 Å². The third-order valence-corrected chi connectivity index (χ3v) is 2.69. The zero-order chi connectivity index (χ0) is 13.3. The van der Waals surface area contributed by atoms with Crippen molar-refractivity contribution in [2.24, 2.45) is 10.9 Å². The van der Waals surface area contributed by atoms with Gasteiger partial charge in [-0.25, -0.2) is 0 Å². The molecule has 1 aliphatic heterocycles. The summed E-state index contributed by atoms with van der Waals surface area (Å²) < 4.78 is 0. The van der Waals surface area contributed by atoms with Crippen molar-refractivity contribution in [3.8, 4) is 0 Å². The van der Waals surface area contributed by atoms with Gasteiger partial charge in [-0.2, -0.15) is 4.99 Å². The minimum Gasteiger partial charge on any atom is -0.283 e. The molecule has 1 unspecified atom stereocenters. The summed E-state index contributed by atoms with van der Waals surface area (Å²) in [6.45, 7) is 12.0. The Labute approximate surface area is 102 Å². The maximum absolute atomic E-state index is 11.1. The molecular formula is C11H22N4O2. The molecule has 0 saturated heterocycles.